The lowest BCUT2D eigenvalue weighted by molar-refractivity contribution is -0.385. The summed E-state index contributed by atoms with van der Waals surface area (Å²) in [6, 6.07) is 12.6. The molecule has 0 aromatic heterocycles. The summed E-state index contributed by atoms with van der Waals surface area (Å²) in [4.78, 5) is 10.6. The van der Waals surface area contributed by atoms with Gasteiger partial charge in [-0.3, -0.25) is 10.1 Å². The molecule has 5 nitrogen and oxygen atoms in total. The lowest BCUT2D eigenvalue weighted by Crippen LogP contribution is -2.07. The van der Waals surface area contributed by atoms with Gasteiger partial charge in [0.1, 0.15) is 0 Å². The zero-order valence-electron chi connectivity index (χ0n) is 10.2. The average molecular weight is 257 g/mol. The number of aryl methyl sites for hydroxylation is 1. The molecule has 0 bridgehead atoms. The minimum absolute atomic E-state index is 0.0616. The van der Waals surface area contributed by atoms with E-state index in [-0.39, 0.29) is 11.4 Å². The van der Waals surface area contributed by atoms with E-state index >= 15 is 0 Å². The highest BCUT2D eigenvalue weighted by molar-refractivity contribution is 5.59. The van der Waals surface area contributed by atoms with Gasteiger partial charge in [0, 0.05) is 11.6 Å². The lowest BCUT2D eigenvalue weighted by atomic mass is 10.2. The fraction of sp³-hybridized carbons (Fsp3) is 0.143. The summed E-state index contributed by atoms with van der Waals surface area (Å²) in [5, 5.41) is 11.0. The van der Waals surface area contributed by atoms with E-state index < -0.39 is 11.2 Å². The van der Waals surface area contributed by atoms with Crippen molar-refractivity contribution in [1.29, 1.82) is 0 Å². The van der Waals surface area contributed by atoms with E-state index in [2.05, 4.69) is 0 Å². The summed E-state index contributed by atoms with van der Waals surface area (Å²) in [5.74, 6) is 0.616. The number of hydrogen-bond acceptors (Lipinski definition) is 4. The van der Waals surface area contributed by atoms with Gasteiger partial charge in [-0.1, -0.05) is 30.3 Å². The molecular formula is C14H11NO4. The molecule has 1 unspecified atom stereocenters. The van der Waals surface area contributed by atoms with Crippen LogP contribution in [0, 0.1) is 17.0 Å². The molecule has 0 saturated carbocycles. The van der Waals surface area contributed by atoms with Crippen LogP contribution < -0.4 is 9.47 Å². The fourth-order valence-electron chi connectivity index (χ4n) is 2.06. The molecule has 0 saturated heterocycles. The summed E-state index contributed by atoms with van der Waals surface area (Å²) in [5.41, 5.74) is 1.53. The highest BCUT2D eigenvalue weighted by Crippen LogP contribution is 2.46. The molecule has 0 aliphatic carbocycles. The van der Waals surface area contributed by atoms with Gasteiger partial charge in [0.25, 0.3) is 6.29 Å². The third-order valence-corrected chi connectivity index (χ3v) is 2.91. The van der Waals surface area contributed by atoms with Crippen LogP contribution in [0.15, 0.2) is 42.5 Å². The Morgan fingerprint density at radius 2 is 1.89 bits per heavy atom. The molecule has 1 aliphatic rings. The van der Waals surface area contributed by atoms with E-state index in [9.17, 15) is 10.1 Å². The number of ether oxygens (including phenoxy) is 2. The normalized spacial score (nSPS) is 16.4. The van der Waals surface area contributed by atoms with Crippen LogP contribution in [0.1, 0.15) is 17.4 Å². The van der Waals surface area contributed by atoms with Crippen molar-refractivity contribution in [3.63, 3.8) is 0 Å². The Hall–Kier alpha value is -2.56. The SMILES string of the molecule is Cc1cc2c(c([N+](=O)[O-])c1)OC(c1ccccc1)O2. The molecule has 2 aromatic carbocycles. The predicted octanol–water partition coefficient (Wildman–Crippen LogP) is 3.37. The molecule has 0 fully saturated rings. The summed E-state index contributed by atoms with van der Waals surface area (Å²) >= 11 is 0. The van der Waals surface area contributed by atoms with Gasteiger partial charge in [-0.15, -0.1) is 0 Å². The highest BCUT2D eigenvalue weighted by atomic mass is 16.7. The zero-order valence-corrected chi connectivity index (χ0v) is 10.2. The monoisotopic (exact) mass is 257 g/mol. The maximum atomic E-state index is 11.0. The fourth-order valence-corrected chi connectivity index (χ4v) is 2.06. The first kappa shape index (κ1) is 11.5. The van der Waals surface area contributed by atoms with Crippen LogP contribution in [-0.4, -0.2) is 4.92 Å². The molecule has 1 atom stereocenters. The van der Waals surface area contributed by atoms with Crippen LogP contribution >= 0.6 is 0 Å². The minimum atomic E-state index is -0.628. The zero-order chi connectivity index (χ0) is 13.4. The summed E-state index contributed by atoms with van der Waals surface area (Å²) in [6.45, 7) is 1.78. The molecule has 0 N–H and O–H groups in total. The molecule has 19 heavy (non-hydrogen) atoms. The van der Waals surface area contributed by atoms with Gasteiger partial charge in [0.05, 0.1) is 4.92 Å². The third-order valence-electron chi connectivity index (χ3n) is 2.91. The van der Waals surface area contributed by atoms with E-state index in [0.717, 1.165) is 11.1 Å². The predicted molar refractivity (Wildman–Crippen MR) is 68.3 cm³/mol. The van der Waals surface area contributed by atoms with Crippen molar-refractivity contribution in [3.8, 4) is 11.5 Å². The van der Waals surface area contributed by atoms with E-state index in [1.54, 1.807) is 13.0 Å². The largest absolute Gasteiger partial charge is 0.446 e. The Balaban J connectivity index is 2.00. The summed E-state index contributed by atoms with van der Waals surface area (Å²) in [7, 11) is 0. The molecule has 0 radical (unpaired) electrons. The van der Waals surface area contributed by atoms with E-state index in [0.29, 0.717) is 5.75 Å². The Labute approximate surface area is 109 Å². The lowest BCUT2D eigenvalue weighted by Gasteiger charge is -2.09. The third kappa shape index (κ3) is 1.99. The second-order valence-corrected chi connectivity index (χ2v) is 4.35. The van der Waals surface area contributed by atoms with Gasteiger partial charge in [-0.2, -0.15) is 0 Å². The number of hydrogen-bond donors (Lipinski definition) is 0. The van der Waals surface area contributed by atoms with Crippen LogP contribution in [0.25, 0.3) is 0 Å². The molecule has 1 heterocycles. The number of nitrogens with zero attached hydrogens (tertiary/aromatic N) is 1. The van der Waals surface area contributed by atoms with Gasteiger partial charge < -0.3 is 9.47 Å². The molecule has 5 heteroatoms. The quantitative estimate of drug-likeness (QED) is 0.611. The van der Waals surface area contributed by atoms with Crippen molar-refractivity contribution < 1.29 is 14.4 Å². The van der Waals surface area contributed by atoms with E-state index in [1.165, 1.54) is 6.07 Å². The first-order chi connectivity index (χ1) is 9.15. The van der Waals surface area contributed by atoms with Crippen molar-refractivity contribution in [2.45, 2.75) is 13.2 Å². The maximum Gasteiger partial charge on any atom is 0.315 e. The minimum Gasteiger partial charge on any atom is -0.446 e. The van der Waals surface area contributed by atoms with Crippen molar-refractivity contribution in [1.82, 2.24) is 0 Å². The molecule has 96 valence electrons. The van der Waals surface area contributed by atoms with Crippen molar-refractivity contribution in [2.24, 2.45) is 0 Å². The van der Waals surface area contributed by atoms with Crippen LogP contribution in [0.2, 0.25) is 0 Å². The average Bonchev–Trinajstić information content (AvgIpc) is 2.82. The van der Waals surface area contributed by atoms with Gasteiger partial charge >= 0.3 is 5.69 Å². The molecule has 0 amide bonds. The second-order valence-electron chi connectivity index (χ2n) is 4.35. The van der Waals surface area contributed by atoms with Crippen LogP contribution in [0.3, 0.4) is 0 Å². The summed E-state index contributed by atoms with van der Waals surface area (Å²) < 4.78 is 11.2. The standard InChI is InChI=1S/C14H11NO4/c1-9-7-11(15(16)17)13-12(8-9)18-14(19-13)10-5-3-2-4-6-10/h2-8,14H,1H3. The van der Waals surface area contributed by atoms with E-state index in [1.807, 2.05) is 30.3 Å². The number of benzene rings is 2. The first-order valence-electron chi connectivity index (χ1n) is 5.82. The maximum absolute atomic E-state index is 11.0. The smallest absolute Gasteiger partial charge is 0.315 e. The molecule has 3 rings (SSSR count). The van der Waals surface area contributed by atoms with Gasteiger partial charge in [-0.05, 0) is 18.6 Å². The molecule has 1 aliphatic heterocycles. The number of nitro groups is 1. The topological polar surface area (TPSA) is 61.6 Å². The van der Waals surface area contributed by atoms with Crippen LogP contribution in [-0.2, 0) is 0 Å². The van der Waals surface area contributed by atoms with Crippen molar-refractivity contribution in [3.05, 3.63) is 63.7 Å². The Morgan fingerprint density at radius 1 is 1.16 bits per heavy atom. The van der Waals surface area contributed by atoms with Crippen molar-refractivity contribution in [2.75, 3.05) is 0 Å². The molecular weight excluding hydrogens is 246 g/mol. The summed E-state index contributed by atoms with van der Waals surface area (Å²) in [6.07, 6.45) is -0.628. The van der Waals surface area contributed by atoms with E-state index in [4.69, 9.17) is 9.47 Å². The van der Waals surface area contributed by atoms with Gasteiger partial charge in [-0.25, -0.2) is 0 Å². The first-order valence-corrected chi connectivity index (χ1v) is 5.82. The highest BCUT2D eigenvalue weighted by Gasteiger charge is 2.33. The Bertz CT molecular complexity index is 639. The second kappa shape index (κ2) is 4.28. The number of rotatable bonds is 2. The Morgan fingerprint density at radius 3 is 2.58 bits per heavy atom. The number of fused-ring (bicyclic) bond motifs is 1. The Kier molecular flexibility index (Phi) is 2.59. The van der Waals surface area contributed by atoms with Gasteiger partial charge in [0.2, 0.25) is 5.75 Å². The van der Waals surface area contributed by atoms with Crippen LogP contribution in [0.5, 0.6) is 11.5 Å². The number of nitro benzene ring substituents is 1. The van der Waals surface area contributed by atoms with Crippen LogP contribution in [0.4, 0.5) is 5.69 Å². The van der Waals surface area contributed by atoms with Crippen molar-refractivity contribution >= 4 is 5.69 Å². The molecule has 2 aromatic rings. The van der Waals surface area contributed by atoms with Gasteiger partial charge in [0.15, 0.2) is 5.75 Å². The molecule has 0 spiro atoms.